The van der Waals surface area contributed by atoms with Gasteiger partial charge in [-0.15, -0.1) is 0 Å². The Morgan fingerprint density at radius 3 is 3.06 bits per heavy atom. The van der Waals surface area contributed by atoms with Crippen LogP contribution in [0.25, 0.3) is 0 Å². The van der Waals surface area contributed by atoms with Crippen molar-refractivity contribution < 1.29 is 9.53 Å². The molecule has 0 saturated carbocycles. The number of nitrogens with one attached hydrogen (secondary N) is 2. The molecule has 16 heavy (non-hydrogen) atoms. The van der Waals surface area contributed by atoms with Crippen LogP contribution in [0.3, 0.4) is 0 Å². The van der Waals surface area contributed by atoms with Gasteiger partial charge in [0, 0.05) is 32.6 Å². The molecule has 0 aromatic carbocycles. The van der Waals surface area contributed by atoms with E-state index in [0.717, 1.165) is 32.7 Å². The predicted molar refractivity (Wildman–Crippen MR) is 63.4 cm³/mol. The van der Waals surface area contributed by atoms with Gasteiger partial charge in [-0.2, -0.15) is 0 Å². The van der Waals surface area contributed by atoms with Crippen LogP contribution in [0.15, 0.2) is 0 Å². The van der Waals surface area contributed by atoms with Crippen molar-refractivity contribution in [3.05, 3.63) is 0 Å². The van der Waals surface area contributed by atoms with Crippen molar-refractivity contribution in [2.75, 3.05) is 46.9 Å². The topological polar surface area (TPSA) is 53.6 Å². The molecule has 0 aliphatic carbocycles. The molecule has 1 amide bonds. The van der Waals surface area contributed by atoms with Gasteiger partial charge in [0.1, 0.15) is 0 Å². The summed E-state index contributed by atoms with van der Waals surface area (Å²) in [6.07, 6.45) is 1.53. The SMILES string of the molecule is CNCCCN(C)C(=O)CC1COCCN1. The summed E-state index contributed by atoms with van der Waals surface area (Å²) in [6, 6.07) is 0.188. The van der Waals surface area contributed by atoms with Crippen molar-refractivity contribution in [2.24, 2.45) is 0 Å². The van der Waals surface area contributed by atoms with Gasteiger partial charge in [0.15, 0.2) is 0 Å². The van der Waals surface area contributed by atoms with Gasteiger partial charge in [0.25, 0.3) is 0 Å². The number of amides is 1. The molecule has 5 heteroatoms. The molecule has 1 aliphatic rings. The van der Waals surface area contributed by atoms with Gasteiger partial charge < -0.3 is 20.3 Å². The van der Waals surface area contributed by atoms with Crippen LogP contribution in [0.5, 0.6) is 0 Å². The van der Waals surface area contributed by atoms with E-state index in [1.807, 2.05) is 14.1 Å². The first-order chi connectivity index (χ1) is 7.74. The van der Waals surface area contributed by atoms with E-state index in [2.05, 4.69) is 10.6 Å². The molecule has 94 valence electrons. The zero-order chi connectivity index (χ0) is 11.8. The summed E-state index contributed by atoms with van der Waals surface area (Å²) in [5, 5.41) is 6.36. The van der Waals surface area contributed by atoms with Crippen molar-refractivity contribution in [1.29, 1.82) is 0 Å². The Balaban J connectivity index is 2.16. The van der Waals surface area contributed by atoms with Crippen LogP contribution in [0.1, 0.15) is 12.8 Å². The van der Waals surface area contributed by atoms with Gasteiger partial charge in [-0.05, 0) is 20.0 Å². The number of rotatable bonds is 6. The van der Waals surface area contributed by atoms with Gasteiger partial charge in [-0.25, -0.2) is 0 Å². The highest BCUT2D eigenvalue weighted by Gasteiger charge is 2.18. The third-order valence-electron chi connectivity index (χ3n) is 2.77. The quantitative estimate of drug-likeness (QED) is 0.599. The molecule has 0 spiro atoms. The molecular formula is C11H23N3O2. The number of ether oxygens (including phenoxy) is 1. The van der Waals surface area contributed by atoms with Gasteiger partial charge in [0.2, 0.25) is 5.91 Å². The lowest BCUT2D eigenvalue weighted by Gasteiger charge is -2.25. The number of hydrogen-bond donors (Lipinski definition) is 2. The maximum atomic E-state index is 11.8. The van der Waals surface area contributed by atoms with E-state index in [0.29, 0.717) is 13.0 Å². The molecule has 1 aliphatic heterocycles. The van der Waals surface area contributed by atoms with E-state index in [4.69, 9.17) is 4.74 Å². The van der Waals surface area contributed by atoms with E-state index in [1.165, 1.54) is 0 Å². The maximum Gasteiger partial charge on any atom is 0.223 e. The van der Waals surface area contributed by atoms with E-state index < -0.39 is 0 Å². The van der Waals surface area contributed by atoms with E-state index in [1.54, 1.807) is 4.90 Å². The number of carbonyl (C=O) groups is 1. The van der Waals surface area contributed by atoms with Crippen LogP contribution in [0.4, 0.5) is 0 Å². The number of morpholine rings is 1. The van der Waals surface area contributed by atoms with Crippen molar-refractivity contribution in [2.45, 2.75) is 18.9 Å². The Kier molecular flexibility index (Phi) is 6.37. The van der Waals surface area contributed by atoms with Gasteiger partial charge in [-0.1, -0.05) is 0 Å². The molecule has 0 radical (unpaired) electrons. The summed E-state index contributed by atoms with van der Waals surface area (Å²) < 4.78 is 5.32. The summed E-state index contributed by atoms with van der Waals surface area (Å²) in [6.45, 7) is 4.01. The molecule has 0 bridgehead atoms. The molecule has 2 N–H and O–H groups in total. The first kappa shape index (κ1) is 13.4. The molecular weight excluding hydrogens is 206 g/mol. The fourth-order valence-corrected chi connectivity index (χ4v) is 1.74. The number of hydrogen-bond acceptors (Lipinski definition) is 4. The fourth-order valence-electron chi connectivity index (χ4n) is 1.74. The van der Waals surface area contributed by atoms with Crippen LogP contribution >= 0.6 is 0 Å². The lowest BCUT2D eigenvalue weighted by molar-refractivity contribution is -0.131. The van der Waals surface area contributed by atoms with Gasteiger partial charge in [-0.3, -0.25) is 4.79 Å². The standard InChI is InChI=1S/C11H23N3O2/c1-12-4-3-6-14(2)11(15)8-10-9-16-7-5-13-10/h10,12-13H,3-9H2,1-2H3. The van der Waals surface area contributed by atoms with Crippen molar-refractivity contribution in [3.63, 3.8) is 0 Å². The van der Waals surface area contributed by atoms with Gasteiger partial charge >= 0.3 is 0 Å². The zero-order valence-electron chi connectivity index (χ0n) is 10.3. The largest absolute Gasteiger partial charge is 0.378 e. The van der Waals surface area contributed by atoms with E-state index in [9.17, 15) is 4.79 Å². The average molecular weight is 229 g/mol. The Morgan fingerprint density at radius 1 is 1.62 bits per heavy atom. The van der Waals surface area contributed by atoms with Crippen molar-refractivity contribution in [1.82, 2.24) is 15.5 Å². The Labute approximate surface area is 97.5 Å². The maximum absolute atomic E-state index is 11.8. The Morgan fingerprint density at radius 2 is 2.44 bits per heavy atom. The molecule has 0 aromatic rings. The molecule has 1 heterocycles. The van der Waals surface area contributed by atoms with Crippen LogP contribution in [-0.2, 0) is 9.53 Å². The molecule has 0 aromatic heterocycles. The van der Waals surface area contributed by atoms with Crippen LogP contribution < -0.4 is 10.6 Å². The Hall–Kier alpha value is -0.650. The van der Waals surface area contributed by atoms with Gasteiger partial charge in [0.05, 0.1) is 13.2 Å². The summed E-state index contributed by atoms with van der Waals surface area (Å²) in [5.74, 6) is 0.194. The van der Waals surface area contributed by atoms with Crippen molar-refractivity contribution >= 4 is 5.91 Å². The highest BCUT2D eigenvalue weighted by atomic mass is 16.5. The summed E-state index contributed by atoms with van der Waals surface area (Å²) in [5.41, 5.74) is 0. The third-order valence-corrected chi connectivity index (χ3v) is 2.77. The fraction of sp³-hybridized carbons (Fsp3) is 0.909. The molecule has 1 atom stereocenters. The average Bonchev–Trinajstić information content (AvgIpc) is 2.30. The first-order valence-corrected chi connectivity index (χ1v) is 5.93. The second-order valence-electron chi connectivity index (χ2n) is 4.20. The minimum Gasteiger partial charge on any atom is -0.378 e. The monoisotopic (exact) mass is 229 g/mol. The molecule has 5 nitrogen and oxygen atoms in total. The highest BCUT2D eigenvalue weighted by Crippen LogP contribution is 2.01. The summed E-state index contributed by atoms with van der Waals surface area (Å²) >= 11 is 0. The zero-order valence-corrected chi connectivity index (χ0v) is 10.3. The van der Waals surface area contributed by atoms with Crippen LogP contribution in [-0.4, -0.2) is 63.8 Å². The Bertz CT molecular complexity index is 205. The molecule has 1 rings (SSSR count). The minimum absolute atomic E-state index is 0.188. The predicted octanol–water partition coefficient (Wildman–Crippen LogP) is -0.567. The lowest BCUT2D eigenvalue weighted by atomic mass is 10.2. The lowest BCUT2D eigenvalue weighted by Crippen LogP contribution is -2.44. The second kappa shape index (κ2) is 7.60. The number of carbonyl (C=O) groups excluding carboxylic acids is 1. The first-order valence-electron chi connectivity index (χ1n) is 5.93. The smallest absolute Gasteiger partial charge is 0.223 e. The van der Waals surface area contributed by atoms with E-state index >= 15 is 0 Å². The molecule has 1 fully saturated rings. The third kappa shape index (κ3) is 4.92. The number of nitrogens with zero attached hydrogens (tertiary/aromatic N) is 1. The van der Waals surface area contributed by atoms with E-state index in [-0.39, 0.29) is 11.9 Å². The van der Waals surface area contributed by atoms with Crippen molar-refractivity contribution in [3.8, 4) is 0 Å². The minimum atomic E-state index is 0.188. The summed E-state index contributed by atoms with van der Waals surface area (Å²) in [4.78, 5) is 13.6. The molecule has 1 unspecified atom stereocenters. The highest BCUT2D eigenvalue weighted by molar-refractivity contribution is 5.76. The second-order valence-corrected chi connectivity index (χ2v) is 4.20. The molecule has 1 saturated heterocycles. The van der Waals surface area contributed by atoms with Crippen LogP contribution in [0.2, 0.25) is 0 Å². The van der Waals surface area contributed by atoms with Crippen LogP contribution in [0, 0.1) is 0 Å². The summed E-state index contributed by atoms with van der Waals surface area (Å²) in [7, 11) is 3.78. The normalized spacial score (nSPS) is 20.8.